The Morgan fingerprint density at radius 3 is 2.08 bits per heavy atom. The van der Waals surface area contributed by atoms with Crippen LogP contribution in [0.1, 0.15) is 80.3 Å². The van der Waals surface area contributed by atoms with Gasteiger partial charge in [0.1, 0.15) is 22.8 Å². The summed E-state index contributed by atoms with van der Waals surface area (Å²) in [5.41, 5.74) is 1.58. The maximum Gasteiger partial charge on any atom is 0.185 e. The first-order valence-electron chi connectivity index (χ1n) is 14.2. The fourth-order valence-corrected chi connectivity index (χ4v) is 4.54. The second kappa shape index (κ2) is 16.2. The smallest absolute Gasteiger partial charge is 0.185 e. The van der Waals surface area contributed by atoms with Gasteiger partial charge in [-0.3, -0.25) is 9.78 Å². The fraction of sp³-hybridized carbons (Fsp3) is 0.353. The van der Waals surface area contributed by atoms with Crippen molar-refractivity contribution in [3.05, 3.63) is 96.6 Å². The molecule has 0 saturated heterocycles. The molecule has 0 unspecified atom stereocenters. The molecule has 0 radical (unpaired) electrons. The van der Waals surface area contributed by atoms with Gasteiger partial charge in [0.25, 0.3) is 0 Å². The number of unbranched alkanes of at least 4 members (excludes halogenated alkanes) is 9. The zero-order valence-corrected chi connectivity index (χ0v) is 22.7. The summed E-state index contributed by atoms with van der Waals surface area (Å²) in [4.78, 5) is 16.7. The quantitative estimate of drug-likeness (QED) is 0.0736. The lowest BCUT2D eigenvalue weighted by molar-refractivity contribution is 0.104. The number of aromatic nitrogens is 1. The van der Waals surface area contributed by atoms with E-state index in [1.165, 1.54) is 57.4 Å². The van der Waals surface area contributed by atoms with Crippen LogP contribution in [0.5, 0.6) is 11.5 Å². The molecule has 39 heavy (non-hydrogen) atoms. The first-order valence-corrected chi connectivity index (χ1v) is 14.2. The highest BCUT2D eigenvalue weighted by Crippen LogP contribution is 2.23. The fourth-order valence-electron chi connectivity index (χ4n) is 4.54. The molecular weight excluding hydrogens is 486 g/mol. The molecule has 0 spiro atoms. The van der Waals surface area contributed by atoms with E-state index in [9.17, 15) is 4.79 Å². The van der Waals surface area contributed by atoms with Crippen LogP contribution in [0.25, 0.3) is 17.0 Å². The van der Waals surface area contributed by atoms with E-state index in [0.29, 0.717) is 17.9 Å². The van der Waals surface area contributed by atoms with Gasteiger partial charge in [-0.05, 0) is 73.5 Å². The van der Waals surface area contributed by atoms with Crippen LogP contribution in [0.2, 0.25) is 0 Å². The van der Waals surface area contributed by atoms with E-state index in [1.807, 2.05) is 42.6 Å². The lowest BCUT2D eigenvalue weighted by Crippen LogP contribution is -1.99. The lowest BCUT2D eigenvalue weighted by atomic mass is 10.1. The molecule has 0 fully saturated rings. The molecule has 0 aliphatic carbocycles. The number of rotatable bonds is 18. The minimum Gasteiger partial charge on any atom is -0.494 e. The van der Waals surface area contributed by atoms with Crippen molar-refractivity contribution in [3.8, 4) is 11.5 Å². The van der Waals surface area contributed by atoms with E-state index in [0.717, 1.165) is 41.9 Å². The Labute approximate surface area is 231 Å². The number of ketones is 1. The first kappa shape index (κ1) is 28.2. The number of hydrogen-bond acceptors (Lipinski definition) is 5. The molecular formula is C34H39NO4. The molecule has 0 atom stereocenters. The minimum absolute atomic E-state index is 0.0541. The summed E-state index contributed by atoms with van der Waals surface area (Å²) in [5, 5.41) is 1.12. The van der Waals surface area contributed by atoms with Gasteiger partial charge in [0.2, 0.25) is 0 Å². The molecule has 5 heteroatoms. The minimum atomic E-state index is -0.0541. The van der Waals surface area contributed by atoms with Crippen molar-refractivity contribution in [2.45, 2.75) is 64.2 Å². The number of nitrogens with zero attached hydrogens (tertiary/aromatic N) is 1. The second-order valence-corrected chi connectivity index (χ2v) is 9.80. The maximum atomic E-state index is 12.2. The lowest BCUT2D eigenvalue weighted by Gasteiger charge is -2.08. The number of carbonyl (C=O) groups excluding carboxylic acids is 1. The number of para-hydroxylation sites is 1. The largest absolute Gasteiger partial charge is 0.494 e. The second-order valence-electron chi connectivity index (χ2n) is 9.80. The number of allylic oxidation sites excluding steroid dienone is 1. The normalized spacial score (nSPS) is 11.3. The van der Waals surface area contributed by atoms with Gasteiger partial charge in [-0.15, -0.1) is 0 Å². The zero-order chi connectivity index (χ0) is 27.0. The Balaban J connectivity index is 0.954. The third kappa shape index (κ3) is 9.75. The van der Waals surface area contributed by atoms with Crippen LogP contribution < -0.4 is 9.47 Å². The van der Waals surface area contributed by atoms with Crippen LogP contribution in [0.15, 0.2) is 89.7 Å². The molecule has 4 rings (SSSR count). The monoisotopic (exact) mass is 525 g/mol. The van der Waals surface area contributed by atoms with Crippen molar-refractivity contribution in [3.63, 3.8) is 0 Å². The number of fused-ring (bicyclic) bond motifs is 1. The van der Waals surface area contributed by atoms with Crippen molar-refractivity contribution < 1.29 is 18.7 Å². The molecule has 4 aromatic rings. The summed E-state index contributed by atoms with van der Waals surface area (Å²) in [6, 6.07) is 21.1. The molecule has 0 amide bonds. The van der Waals surface area contributed by atoms with Crippen LogP contribution in [-0.4, -0.2) is 24.0 Å². The molecule has 2 aromatic heterocycles. The summed E-state index contributed by atoms with van der Waals surface area (Å²) in [5.74, 6) is 2.30. The Morgan fingerprint density at radius 1 is 0.718 bits per heavy atom. The molecule has 2 heterocycles. The van der Waals surface area contributed by atoms with Gasteiger partial charge >= 0.3 is 0 Å². The summed E-state index contributed by atoms with van der Waals surface area (Å²) >= 11 is 0. The number of benzene rings is 2. The molecule has 2 aromatic carbocycles. The molecule has 204 valence electrons. The van der Waals surface area contributed by atoms with E-state index >= 15 is 0 Å². The summed E-state index contributed by atoms with van der Waals surface area (Å²) < 4.78 is 17.0. The van der Waals surface area contributed by atoms with Gasteiger partial charge in [0.05, 0.1) is 19.5 Å². The van der Waals surface area contributed by atoms with Gasteiger partial charge in [0.15, 0.2) is 5.78 Å². The van der Waals surface area contributed by atoms with E-state index in [4.69, 9.17) is 13.9 Å². The number of furan rings is 1. The van der Waals surface area contributed by atoms with Gasteiger partial charge in [-0.1, -0.05) is 69.6 Å². The predicted octanol–water partition coefficient (Wildman–Crippen LogP) is 9.08. The van der Waals surface area contributed by atoms with Gasteiger partial charge < -0.3 is 13.9 Å². The van der Waals surface area contributed by atoms with Crippen LogP contribution in [-0.2, 0) is 0 Å². The zero-order valence-electron chi connectivity index (χ0n) is 22.7. The summed E-state index contributed by atoms with van der Waals surface area (Å²) in [6.07, 6.45) is 18.9. The van der Waals surface area contributed by atoms with Crippen molar-refractivity contribution in [2.24, 2.45) is 0 Å². The van der Waals surface area contributed by atoms with Crippen molar-refractivity contribution >= 4 is 22.8 Å². The topological polar surface area (TPSA) is 61.6 Å². The van der Waals surface area contributed by atoms with E-state index in [2.05, 4.69) is 17.1 Å². The average Bonchev–Trinajstić information content (AvgIpc) is 3.50. The highest BCUT2D eigenvalue weighted by molar-refractivity contribution is 6.06. The van der Waals surface area contributed by atoms with Gasteiger partial charge in [-0.25, -0.2) is 0 Å². The Morgan fingerprint density at radius 2 is 1.38 bits per heavy atom. The van der Waals surface area contributed by atoms with Crippen molar-refractivity contribution in [1.29, 1.82) is 0 Å². The maximum absolute atomic E-state index is 12.2. The van der Waals surface area contributed by atoms with Crippen LogP contribution in [0, 0.1) is 0 Å². The first-order chi connectivity index (χ1) is 19.3. The number of pyridine rings is 1. The van der Waals surface area contributed by atoms with Gasteiger partial charge in [0, 0.05) is 17.1 Å². The van der Waals surface area contributed by atoms with Crippen LogP contribution in [0.3, 0.4) is 0 Å². The standard InChI is InChI=1S/C34H39NO4/c36-32(23-22-30-16-13-27-38-30)28-18-20-31(21-19-28)37-25-9-7-5-3-1-2-4-6-8-10-26-39-33-17-11-14-29-15-12-24-35-34(29)33/h11-24,27H,1-10,25-26H2/b23-22+. The number of ether oxygens (including phenoxy) is 2. The average molecular weight is 526 g/mol. The molecule has 5 nitrogen and oxygen atoms in total. The summed E-state index contributed by atoms with van der Waals surface area (Å²) in [6.45, 7) is 1.46. The third-order valence-corrected chi connectivity index (χ3v) is 6.74. The molecule has 0 bridgehead atoms. The van der Waals surface area contributed by atoms with Crippen molar-refractivity contribution in [2.75, 3.05) is 13.2 Å². The van der Waals surface area contributed by atoms with Crippen LogP contribution in [0.4, 0.5) is 0 Å². The van der Waals surface area contributed by atoms with E-state index in [-0.39, 0.29) is 5.78 Å². The highest BCUT2D eigenvalue weighted by atomic mass is 16.5. The predicted molar refractivity (Wildman–Crippen MR) is 157 cm³/mol. The highest BCUT2D eigenvalue weighted by Gasteiger charge is 2.04. The number of hydrogen-bond donors (Lipinski definition) is 0. The number of carbonyl (C=O) groups is 1. The van der Waals surface area contributed by atoms with Crippen LogP contribution >= 0.6 is 0 Å². The van der Waals surface area contributed by atoms with E-state index < -0.39 is 0 Å². The Hall–Kier alpha value is -3.86. The molecule has 0 saturated carbocycles. The molecule has 0 aliphatic rings. The third-order valence-electron chi connectivity index (χ3n) is 6.74. The van der Waals surface area contributed by atoms with E-state index in [1.54, 1.807) is 30.5 Å². The SMILES string of the molecule is O=C(/C=C/c1ccco1)c1ccc(OCCCCCCCCCCCCOc2cccc3cccnc23)cc1. The van der Waals surface area contributed by atoms with Crippen molar-refractivity contribution in [1.82, 2.24) is 4.98 Å². The van der Waals surface area contributed by atoms with Gasteiger partial charge in [-0.2, -0.15) is 0 Å². The summed E-state index contributed by atoms with van der Waals surface area (Å²) in [7, 11) is 0. The Bertz CT molecular complexity index is 1270. The Kier molecular flexibility index (Phi) is 11.7. The molecule has 0 N–H and O–H groups in total. The molecule has 0 aliphatic heterocycles.